The second-order valence-corrected chi connectivity index (χ2v) is 2.70. The fourth-order valence-corrected chi connectivity index (χ4v) is 1.19. The normalized spacial score (nSPS) is 10.6. The van der Waals surface area contributed by atoms with Gasteiger partial charge in [-0.25, -0.2) is 9.48 Å². The van der Waals surface area contributed by atoms with Gasteiger partial charge in [0.25, 0.3) is 0 Å². The summed E-state index contributed by atoms with van der Waals surface area (Å²) in [6.07, 6.45) is 1.64. The van der Waals surface area contributed by atoms with Crippen molar-refractivity contribution in [3.05, 3.63) is 28.8 Å². The molecule has 2 rings (SSSR count). The van der Waals surface area contributed by atoms with E-state index in [9.17, 15) is 4.79 Å². The minimum absolute atomic E-state index is 0.155. The maximum Gasteiger partial charge on any atom is 0.350 e. The van der Waals surface area contributed by atoms with Crippen molar-refractivity contribution < 1.29 is 4.74 Å². The Morgan fingerprint density at radius 1 is 1.54 bits per heavy atom. The summed E-state index contributed by atoms with van der Waals surface area (Å²) in [7, 11) is 3.19. The molecule has 0 fully saturated rings. The first-order valence-corrected chi connectivity index (χ1v) is 3.82. The number of aromatic nitrogens is 3. The minimum atomic E-state index is -0.155. The van der Waals surface area contributed by atoms with Gasteiger partial charge in [-0.15, -0.1) is 0 Å². The molecule has 0 aromatic carbocycles. The number of fused-ring (bicyclic) bond motifs is 1. The summed E-state index contributed by atoms with van der Waals surface area (Å²) < 4.78 is 7.75. The van der Waals surface area contributed by atoms with Gasteiger partial charge in [-0.2, -0.15) is 5.10 Å². The Labute approximate surface area is 74.2 Å². The molecule has 0 atom stereocenters. The van der Waals surface area contributed by atoms with Gasteiger partial charge in [0.05, 0.1) is 7.11 Å². The molecule has 0 unspecified atom stereocenters. The van der Waals surface area contributed by atoms with Crippen LogP contribution in [0.4, 0.5) is 0 Å². The van der Waals surface area contributed by atoms with E-state index in [0.717, 1.165) is 0 Å². The largest absolute Gasteiger partial charge is 0.497 e. The average molecular weight is 179 g/mol. The van der Waals surface area contributed by atoms with E-state index in [1.54, 1.807) is 32.5 Å². The van der Waals surface area contributed by atoms with Crippen molar-refractivity contribution in [1.29, 1.82) is 0 Å². The summed E-state index contributed by atoms with van der Waals surface area (Å²) >= 11 is 0. The van der Waals surface area contributed by atoms with E-state index in [0.29, 0.717) is 11.4 Å². The highest BCUT2D eigenvalue weighted by molar-refractivity contribution is 5.42. The van der Waals surface area contributed by atoms with E-state index >= 15 is 0 Å². The van der Waals surface area contributed by atoms with Crippen LogP contribution in [0.1, 0.15) is 0 Å². The summed E-state index contributed by atoms with van der Waals surface area (Å²) in [4.78, 5) is 11.4. The number of hydrogen-bond acceptors (Lipinski definition) is 3. The molecule has 2 aromatic heterocycles. The molecule has 0 radical (unpaired) electrons. The number of pyridine rings is 1. The molecule has 0 aliphatic heterocycles. The fraction of sp³-hybridized carbons (Fsp3) is 0.250. The molecule has 0 saturated heterocycles. The summed E-state index contributed by atoms with van der Waals surface area (Å²) in [6, 6.07) is 3.43. The molecule has 0 bridgehead atoms. The molecule has 0 spiro atoms. The highest BCUT2D eigenvalue weighted by atomic mass is 16.5. The van der Waals surface area contributed by atoms with Crippen molar-refractivity contribution in [1.82, 2.24) is 14.2 Å². The van der Waals surface area contributed by atoms with Crippen molar-refractivity contribution in [2.24, 2.45) is 7.05 Å². The number of aryl methyl sites for hydroxylation is 1. The molecule has 5 nitrogen and oxygen atoms in total. The zero-order chi connectivity index (χ0) is 9.42. The summed E-state index contributed by atoms with van der Waals surface area (Å²) in [5.74, 6) is 0.693. The third-order valence-electron chi connectivity index (χ3n) is 1.88. The van der Waals surface area contributed by atoms with Crippen molar-refractivity contribution >= 4 is 5.65 Å². The Kier molecular flexibility index (Phi) is 1.58. The third kappa shape index (κ3) is 1.09. The molecule has 13 heavy (non-hydrogen) atoms. The van der Waals surface area contributed by atoms with E-state index in [4.69, 9.17) is 4.74 Å². The molecule has 5 heteroatoms. The molecular weight excluding hydrogens is 170 g/mol. The fourth-order valence-electron chi connectivity index (χ4n) is 1.19. The van der Waals surface area contributed by atoms with E-state index in [1.807, 2.05) is 0 Å². The van der Waals surface area contributed by atoms with Crippen molar-refractivity contribution in [2.45, 2.75) is 0 Å². The van der Waals surface area contributed by atoms with Gasteiger partial charge in [-0.1, -0.05) is 0 Å². The quantitative estimate of drug-likeness (QED) is 0.621. The lowest BCUT2D eigenvalue weighted by atomic mass is 10.4. The molecule has 0 aliphatic rings. The number of methoxy groups -OCH3 is 1. The first kappa shape index (κ1) is 7.85. The Morgan fingerprint density at radius 3 is 3.00 bits per heavy atom. The Balaban J connectivity index is 2.80. The Bertz CT molecular complexity index is 498. The molecule has 2 heterocycles. The minimum Gasteiger partial charge on any atom is -0.497 e. The Hall–Kier alpha value is -1.78. The van der Waals surface area contributed by atoms with Crippen LogP contribution in [0.3, 0.4) is 0 Å². The van der Waals surface area contributed by atoms with Crippen LogP contribution in [0, 0.1) is 0 Å². The lowest BCUT2D eigenvalue weighted by Crippen LogP contribution is -2.17. The van der Waals surface area contributed by atoms with E-state index in [-0.39, 0.29) is 5.69 Å². The van der Waals surface area contributed by atoms with Gasteiger partial charge in [0, 0.05) is 19.3 Å². The predicted octanol–water partition coefficient (Wildman–Crippen LogP) is 0.0416. The highest BCUT2D eigenvalue weighted by Crippen LogP contribution is 2.10. The zero-order valence-corrected chi connectivity index (χ0v) is 7.39. The topological polar surface area (TPSA) is 48.5 Å². The van der Waals surface area contributed by atoms with Crippen LogP contribution in [0.25, 0.3) is 5.65 Å². The van der Waals surface area contributed by atoms with Gasteiger partial charge in [-0.3, -0.25) is 4.40 Å². The molecule has 0 aliphatic carbocycles. The van der Waals surface area contributed by atoms with Gasteiger partial charge in [0.15, 0.2) is 5.65 Å². The molecule has 0 N–H and O–H groups in total. The van der Waals surface area contributed by atoms with Crippen molar-refractivity contribution in [2.75, 3.05) is 7.11 Å². The molecule has 0 amide bonds. The average Bonchev–Trinajstić information content (AvgIpc) is 2.42. The zero-order valence-electron chi connectivity index (χ0n) is 7.39. The second kappa shape index (κ2) is 2.62. The molecule has 68 valence electrons. The molecular formula is C8H9N3O2. The van der Waals surface area contributed by atoms with Crippen LogP contribution in [-0.2, 0) is 7.05 Å². The van der Waals surface area contributed by atoms with E-state index in [1.165, 1.54) is 9.08 Å². The van der Waals surface area contributed by atoms with Crippen LogP contribution < -0.4 is 10.4 Å². The van der Waals surface area contributed by atoms with E-state index in [2.05, 4.69) is 5.10 Å². The van der Waals surface area contributed by atoms with Crippen LogP contribution in [-0.4, -0.2) is 21.3 Å². The molecule has 2 aromatic rings. The maximum absolute atomic E-state index is 11.4. The number of nitrogens with zero attached hydrogens (tertiary/aromatic N) is 3. The summed E-state index contributed by atoms with van der Waals surface area (Å²) in [5.41, 5.74) is 0.435. The van der Waals surface area contributed by atoms with E-state index < -0.39 is 0 Å². The van der Waals surface area contributed by atoms with Gasteiger partial charge in [-0.05, 0) is 6.07 Å². The van der Waals surface area contributed by atoms with Crippen LogP contribution >= 0.6 is 0 Å². The van der Waals surface area contributed by atoms with Crippen molar-refractivity contribution in [3.8, 4) is 5.75 Å². The smallest absolute Gasteiger partial charge is 0.350 e. The van der Waals surface area contributed by atoms with Gasteiger partial charge >= 0.3 is 5.69 Å². The van der Waals surface area contributed by atoms with Gasteiger partial charge in [0.1, 0.15) is 5.75 Å². The van der Waals surface area contributed by atoms with Crippen LogP contribution in [0.15, 0.2) is 23.1 Å². The third-order valence-corrected chi connectivity index (χ3v) is 1.88. The second-order valence-electron chi connectivity index (χ2n) is 2.70. The Morgan fingerprint density at radius 2 is 2.31 bits per heavy atom. The van der Waals surface area contributed by atoms with Crippen LogP contribution in [0.5, 0.6) is 5.75 Å². The first-order chi connectivity index (χ1) is 6.22. The van der Waals surface area contributed by atoms with Gasteiger partial charge in [0.2, 0.25) is 0 Å². The standard InChI is InChI=1S/C8H9N3O2/c1-10-8(12)11-4-3-6(13-2)5-7(11)9-10/h3-5H,1-2H3. The number of rotatable bonds is 1. The monoisotopic (exact) mass is 179 g/mol. The predicted molar refractivity (Wildman–Crippen MR) is 47.0 cm³/mol. The summed E-state index contributed by atoms with van der Waals surface area (Å²) in [6.45, 7) is 0. The van der Waals surface area contributed by atoms with Gasteiger partial charge < -0.3 is 4.74 Å². The van der Waals surface area contributed by atoms with Crippen LogP contribution in [0.2, 0.25) is 0 Å². The number of ether oxygens (including phenoxy) is 1. The molecule has 0 saturated carbocycles. The van der Waals surface area contributed by atoms with Crippen molar-refractivity contribution in [3.63, 3.8) is 0 Å². The SMILES string of the molecule is COc1ccn2c(=O)n(C)nc2c1. The number of hydrogen-bond donors (Lipinski definition) is 0. The first-order valence-electron chi connectivity index (χ1n) is 3.82. The lowest BCUT2D eigenvalue weighted by molar-refractivity contribution is 0.414. The lowest BCUT2D eigenvalue weighted by Gasteiger charge is -1.97. The summed E-state index contributed by atoms with van der Waals surface area (Å²) in [5, 5.41) is 4.01. The maximum atomic E-state index is 11.4. The highest BCUT2D eigenvalue weighted by Gasteiger charge is 2.03.